The van der Waals surface area contributed by atoms with Crippen molar-refractivity contribution in [2.24, 2.45) is 5.92 Å². The number of hydrogen-bond acceptors (Lipinski definition) is 3. The Morgan fingerprint density at radius 3 is 2.48 bits per heavy atom. The topological polar surface area (TPSA) is 46.6 Å². The van der Waals surface area contributed by atoms with Gasteiger partial charge >= 0.3 is 6.09 Å². The van der Waals surface area contributed by atoms with Crippen LogP contribution in [0, 0.1) is 5.92 Å². The zero-order chi connectivity index (χ0) is 14.7. The molecule has 0 N–H and O–H groups in total. The quantitative estimate of drug-likeness (QED) is 0.802. The van der Waals surface area contributed by atoms with Gasteiger partial charge in [-0.3, -0.25) is 0 Å². The Morgan fingerprint density at radius 1 is 1.19 bits per heavy atom. The predicted octanol–water partition coefficient (Wildman–Crippen LogP) is 3.16. The molecule has 1 aromatic carbocycles. The summed E-state index contributed by atoms with van der Waals surface area (Å²) in [5.74, 6) is 0.110. The zero-order valence-corrected chi connectivity index (χ0v) is 12.1. The van der Waals surface area contributed by atoms with Crippen LogP contribution < -0.4 is 0 Å². The molecule has 0 aromatic heterocycles. The Kier molecular flexibility index (Phi) is 4.23. The lowest BCUT2D eigenvalue weighted by Crippen LogP contribution is -2.55. The van der Waals surface area contributed by atoms with Crippen molar-refractivity contribution < 1.29 is 14.3 Å². The number of piperidine rings is 2. The van der Waals surface area contributed by atoms with E-state index in [0.29, 0.717) is 6.61 Å². The van der Waals surface area contributed by atoms with Crippen molar-refractivity contribution in [3.8, 4) is 0 Å². The second kappa shape index (κ2) is 6.29. The van der Waals surface area contributed by atoms with Gasteiger partial charge in [0.2, 0.25) is 0 Å². The Bertz CT molecular complexity index is 488. The highest BCUT2D eigenvalue weighted by atomic mass is 16.6. The molecule has 0 radical (unpaired) electrons. The van der Waals surface area contributed by atoms with Crippen LogP contribution in [0.3, 0.4) is 0 Å². The highest BCUT2D eigenvalue weighted by Crippen LogP contribution is 2.36. The summed E-state index contributed by atoms with van der Waals surface area (Å²) in [7, 11) is 0. The Hall–Kier alpha value is -1.84. The number of ether oxygens (including phenoxy) is 1. The Morgan fingerprint density at radius 2 is 1.86 bits per heavy atom. The third kappa shape index (κ3) is 3.09. The number of hydrogen-bond donors (Lipinski definition) is 0. The number of rotatable bonds is 3. The van der Waals surface area contributed by atoms with E-state index < -0.39 is 0 Å². The summed E-state index contributed by atoms with van der Waals surface area (Å²) in [4.78, 5) is 25.3. The molecule has 4 nitrogen and oxygen atoms in total. The van der Waals surface area contributed by atoms with Crippen molar-refractivity contribution in [2.75, 3.05) is 0 Å². The molecule has 2 bridgehead atoms. The van der Waals surface area contributed by atoms with Crippen LogP contribution in [0.1, 0.15) is 37.7 Å². The number of carbonyl (C=O) groups excluding carboxylic acids is 2. The highest BCUT2D eigenvalue weighted by molar-refractivity contribution is 5.69. The van der Waals surface area contributed by atoms with Crippen LogP contribution in [0.25, 0.3) is 0 Å². The molecule has 4 heteroatoms. The van der Waals surface area contributed by atoms with Crippen LogP contribution in [0.15, 0.2) is 30.3 Å². The molecule has 2 fully saturated rings. The smallest absolute Gasteiger partial charge is 0.410 e. The minimum absolute atomic E-state index is 0.110. The lowest BCUT2D eigenvalue weighted by atomic mass is 9.79. The standard InChI is InChI=1S/C17H21NO3/c19-11-14-9-15-7-4-8-16(10-14)18(15)17(20)21-12-13-5-2-1-3-6-13/h1-3,5-6,11,14-16H,4,7-10,12H2/t14?,15-,16+. The largest absolute Gasteiger partial charge is 0.445 e. The fourth-order valence-corrected chi connectivity index (χ4v) is 3.63. The molecule has 2 aliphatic heterocycles. The molecule has 0 spiro atoms. The van der Waals surface area contributed by atoms with Crippen molar-refractivity contribution >= 4 is 12.4 Å². The van der Waals surface area contributed by atoms with Crippen LogP contribution in [0.4, 0.5) is 4.79 Å². The summed E-state index contributed by atoms with van der Waals surface area (Å²) >= 11 is 0. The van der Waals surface area contributed by atoms with Gasteiger partial charge in [0.1, 0.15) is 12.9 Å². The van der Waals surface area contributed by atoms with E-state index in [1.54, 1.807) is 0 Å². The number of aldehydes is 1. The zero-order valence-electron chi connectivity index (χ0n) is 12.1. The van der Waals surface area contributed by atoms with Crippen LogP contribution in [0.5, 0.6) is 0 Å². The number of benzene rings is 1. The van der Waals surface area contributed by atoms with Crippen LogP contribution in [-0.2, 0) is 16.1 Å². The Labute approximate surface area is 125 Å². The SMILES string of the molecule is O=CC1C[C@H]2CCC[C@@H](C1)N2C(=O)OCc1ccccc1. The van der Waals surface area contributed by atoms with Gasteiger partial charge in [-0.25, -0.2) is 4.79 Å². The molecule has 2 saturated heterocycles. The lowest BCUT2D eigenvalue weighted by Gasteiger charge is -2.47. The molecule has 2 aliphatic rings. The van der Waals surface area contributed by atoms with Gasteiger partial charge in [-0.1, -0.05) is 30.3 Å². The molecule has 0 saturated carbocycles. The van der Waals surface area contributed by atoms with E-state index >= 15 is 0 Å². The minimum atomic E-state index is -0.224. The van der Waals surface area contributed by atoms with Crippen molar-refractivity contribution in [3.63, 3.8) is 0 Å². The first kappa shape index (κ1) is 14.1. The van der Waals surface area contributed by atoms with Gasteiger partial charge in [0, 0.05) is 18.0 Å². The van der Waals surface area contributed by atoms with Crippen molar-refractivity contribution in [1.29, 1.82) is 0 Å². The summed E-state index contributed by atoms with van der Waals surface area (Å²) < 4.78 is 5.47. The van der Waals surface area contributed by atoms with Gasteiger partial charge in [-0.05, 0) is 37.7 Å². The van der Waals surface area contributed by atoms with Gasteiger partial charge in [0.15, 0.2) is 0 Å². The first-order chi connectivity index (χ1) is 10.3. The maximum atomic E-state index is 12.4. The van der Waals surface area contributed by atoms with Gasteiger partial charge < -0.3 is 14.4 Å². The average molecular weight is 287 g/mol. The third-order valence-corrected chi connectivity index (χ3v) is 4.62. The lowest BCUT2D eigenvalue weighted by molar-refractivity contribution is -0.114. The molecule has 112 valence electrons. The van der Waals surface area contributed by atoms with Gasteiger partial charge in [-0.2, -0.15) is 0 Å². The van der Waals surface area contributed by atoms with Crippen LogP contribution in [0.2, 0.25) is 0 Å². The summed E-state index contributed by atoms with van der Waals surface area (Å²) in [6.45, 7) is 0.312. The first-order valence-electron chi connectivity index (χ1n) is 7.72. The number of nitrogens with zero attached hydrogens (tertiary/aromatic N) is 1. The van der Waals surface area contributed by atoms with E-state index in [-0.39, 0.29) is 24.1 Å². The van der Waals surface area contributed by atoms with Crippen molar-refractivity contribution in [1.82, 2.24) is 4.90 Å². The minimum Gasteiger partial charge on any atom is -0.445 e. The monoisotopic (exact) mass is 287 g/mol. The van der Waals surface area contributed by atoms with Gasteiger partial charge in [0.25, 0.3) is 0 Å². The first-order valence-corrected chi connectivity index (χ1v) is 7.72. The third-order valence-electron chi connectivity index (χ3n) is 4.62. The maximum Gasteiger partial charge on any atom is 0.410 e. The van der Waals surface area contributed by atoms with E-state index in [4.69, 9.17) is 4.74 Å². The molecule has 1 aromatic rings. The molecule has 1 amide bonds. The van der Waals surface area contributed by atoms with Crippen LogP contribution in [-0.4, -0.2) is 29.4 Å². The molecule has 21 heavy (non-hydrogen) atoms. The summed E-state index contributed by atoms with van der Waals surface area (Å²) in [5, 5.41) is 0. The molecule has 0 aliphatic carbocycles. The number of carbonyl (C=O) groups is 2. The van der Waals surface area contributed by atoms with Gasteiger partial charge in [-0.15, -0.1) is 0 Å². The molecular weight excluding hydrogens is 266 g/mol. The van der Waals surface area contributed by atoms with E-state index in [1.165, 1.54) is 0 Å². The average Bonchev–Trinajstić information content (AvgIpc) is 2.52. The summed E-state index contributed by atoms with van der Waals surface area (Å²) in [6, 6.07) is 10.1. The summed E-state index contributed by atoms with van der Waals surface area (Å²) in [6.07, 6.45) is 5.53. The molecule has 3 atom stereocenters. The summed E-state index contributed by atoms with van der Waals surface area (Å²) in [5.41, 5.74) is 0.999. The normalized spacial score (nSPS) is 28.0. The Balaban J connectivity index is 1.63. The molecule has 2 heterocycles. The van der Waals surface area contributed by atoms with E-state index in [0.717, 1.165) is 44.0 Å². The second-order valence-corrected chi connectivity index (χ2v) is 6.05. The molecule has 3 rings (SSSR count). The van der Waals surface area contributed by atoms with Crippen molar-refractivity contribution in [3.05, 3.63) is 35.9 Å². The van der Waals surface area contributed by atoms with Gasteiger partial charge in [0.05, 0.1) is 0 Å². The van der Waals surface area contributed by atoms with E-state index in [1.807, 2.05) is 35.2 Å². The fourth-order valence-electron chi connectivity index (χ4n) is 3.63. The van der Waals surface area contributed by atoms with Crippen molar-refractivity contribution in [2.45, 2.75) is 50.8 Å². The molecule has 1 unspecified atom stereocenters. The van der Waals surface area contributed by atoms with E-state index in [9.17, 15) is 9.59 Å². The van der Waals surface area contributed by atoms with Crippen LogP contribution >= 0.6 is 0 Å². The predicted molar refractivity (Wildman–Crippen MR) is 78.7 cm³/mol. The number of fused-ring (bicyclic) bond motifs is 2. The number of amides is 1. The van der Waals surface area contributed by atoms with E-state index in [2.05, 4.69) is 0 Å². The maximum absolute atomic E-state index is 12.4. The molecular formula is C17H21NO3. The second-order valence-electron chi connectivity index (χ2n) is 6.05. The fraction of sp³-hybridized carbons (Fsp3) is 0.529. The highest BCUT2D eigenvalue weighted by Gasteiger charge is 2.41.